The van der Waals surface area contributed by atoms with Crippen LogP contribution in [0.2, 0.25) is 5.02 Å². The second kappa shape index (κ2) is 15.5. The van der Waals surface area contributed by atoms with Gasteiger partial charge < -0.3 is 6.42 Å². The van der Waals surface area contributed by atoms with Gasteiger partial charge in [-0.25, -0.2) is 6.42 Å². The Morgan fingerprint density at radius 3 is 2.14 bits per heavy atom. The second-order valence-corrected chi connectivity index (χ2v) is 4.26. The molecule has 0 spiro atoms. The summed E-state index contributed by atoms with van der Waals surface area (Å²) in [5.41, 5.74) is 0.854. The number of benzene rings is 1. The Bertz CT molecular complexity index is 398. The topological polar surface area (TPSA) is 12.4 Å². The summed E-state index contributed by atoms with van der Waals surface area (Å²) in [4.78, 5) is 4.27. The van der Waals surface area contributed by atoms with Gasteiger partial charge in [-0.05, 0) is 56.5 Å². The SMILES string of the molecule is Clc1cccc(N=C[C]2[C-][CH][CH][CH]2)c1.[CH]1[CH][CH][CH][CH]1.[Cl][Hg+].[Fe]. The Morgan fingerprint density at radius 1 is 1.00 bits per heavy atom. The van der Waals surface area contributed by atoms with Gasteiger partial charge in [0.1, 0.15) is 0 Å². The van der Waals surface area contributed by atoms with Crippen molar-refractivity contribution in [2.45, 2.75) is 0 Å². The van der Waals surface area contributed by atoms with E-state index in [0.29, 0.717) is 29.9 Å². The van der Waals surface area contributed by atoms with Gasteiger partial charge >= 0.3 is 33.1 Å². The number of halogens is 2. The van der Waals surface area contributed by atoms with E-state index >= 15 is 0 Å². The van der Waals surface area contributed by atoms with E-state index in [1.165, 1.54) is 0 Å². The summed E-state index contributed by atoms with van der Waals surface area (Å²) in [7, 11) is 4.83. The molecule has 0 bridgehead atoms. The zero-order valence-corrected chi connectivity index (χ0v) is 19.9. The average Bonchev–Trinajstić information content (AvgIpc) is 3.23. The summed E-state index contributed by atoms with van der Waals surface area (Å²) in [6.07, 6.45) is 20.6. The molecule has 2 aliphatic carbocycles. The molecule has 2 saturated carbocycles. The van der Waals surface area contributed by atoms with Crippen LogP contribution in [0.1, 0.15) is 0 Å². The molecule has 0 amide bonds. The first-order chi connectivity index (χ1) is 10.3. The van der Waals surface area contributed by atoms with Crippen LogP contribution >= 0.6 is 19.9 Å². The van der Waals surface area contributed by atoms with Crippen LogP contribution in [-0.4, -0.2) is 6.21 Å². The molecule has 3 rings (SSSR count). The maximum Gasteiger partial charge on any atom is 0 e. The van der Waals surface area contributed by atoms with Crippen LogP contribution in [0.5, 0.6) is 0 Å². The van der Waals surface area contributed by atoms with Gasteiger partial charge in [-0.3, -0.25) is 4.99 Å². The van der Waals surface area contributed by atoms with Crippen LogP contribution in [0.15, 0.2) is 29.3 Å². The largest absolute Gasteiger partial charge is 0 e. The van der Waals surface area contributed by atoms with E-state index in [1.54, 1.807) is 6.21 Å². The molecule has 1 aromatic carbocycles. The van der Waals surface area contributed by atoms with E-state index in [1.807, 2.05) is 75.6 Å². The van der Waals surface area contributed by atoms with Crippen LogP contribution in [-0.2, 0) is 42.0 Å². The zero-order chi connectivity index (χ0) is 15.3. The number of hydrogen-bond acceptors (Lipinski definition) is 1. The Balaban J connectivity index is 0.000000466. The summed E-state index contributed by atoms with van der Waals surface area (Å²) in [6.45, 7) is 0. The Labute approximate surface area is 170 Å². The monoisotopic (exact) mass is 559 g/mol. The van der Waals surface area contributed by atoms with Gasteiger partial charge in [-0.2, -0.15) is 5.92 Å². The van der Waals surface area contributed by atoms with Gasteiger partial charge in [0.05, 0.1) is 5.69 Å². The van der Waals surface area contributed by atoms with Crippen molar-refractivity contribution in [1.29, 1.82) is 0 Å². The van der Waals surface area contributed by atoms with E-state index < -0.39 is 0 Å². The normalized spacial score (nSPS) is 17.3. The van der Waals surface area contributed by atoms with Gasteiger partial charge in [0.2, 0.25) is 0 Å². The van der Waals surface area contributed by atoms with Crippen LogP contribution in [0, 0.1) is 63.7 Å². The maximum atomic E-state index is 5.82. The molecule has 0 atom stereocenters. The minimum absolute atomic E-state index is 0. The van der Waals surface area contributed by atoms with Crippen molar-refractivity contribution < 1.29 is 42.0 Å². The third-order valence-corrected chi connectivity index (χ3v) is 2.57. The van der Waals surface area contributed by atoms with Gasteiger partial charge in [0.25, 0.3) is 0 Å². The quantitative estimate of drug-likeness (QED) is 0.274. The van der Waals surface area contributed by atoms with Crippen molar-refractivity contribution in [2.24, 2.45) is 4.99 Å². The first-order valence-electron chi connectivity index (χ1n) is 6.21. The molecule has 5 heteroatoms. The van der Waals surface area contributed by atoms with Crippen molar-refractivity contribution in [2.75, 3.05) is 0 Å². The molecule has 1 aromatic rings. The van der Waals surface area contributed by atoms with Gasteiger partial charge in [-0.15, -0.1) is 0 Å². The van der Waals surface area contributed by atoms with Crippen LogP contribution in [0.3, 0.4) is 0 Å². The summed E-state index contributed by atoms with van der Waals surface area (Å²) in [5, 5.41) is 0.700. The van der Waals surface area contributed by atoms with Gasteiger partial charge in [0.15, 0.2) is 0 Å². The van der Waals surface area contributed by atoms with Crippen molar-refractivity contribution in [3.8, 4) is 0 Å². The van der Waals surface area contributed by atoms with Crippen molar-refractivity contribution in [1.82, 2.24) is 0 Å². The predicted octanol–water partition coefficient (Wildman–Crippen LogP) is 5.03. The van der Waals surface area contributed by atoms with Crippen LogP contribution < -0.4 is 0 Å². The van der Waals surface area contributed by atoms with Gasteiger partial charge in [0, 0.05) is 22.1 Å². The molecule has 110 valence electrons. The third-order valence-electron chi connectivity index (χ3n) is 2.34. The predicted molar refractivity (Wildman–Crippen MR) is 86.3 cm³/mol. The van der Waals surface area contributed by atoms with E-state index in [0.717, 1.165) is 11.6 Å². The second-order valence-electron chi connectivity index (χ2n) is 3.83. The fraction of sp³-hybridized carbons (Fsp3) is 0. The standard InChI is InChI=1S/C12H8ClN.C5H5.ClH.Fe.Hg/c13-11-6-3-7-12(8-11)14-9-10-4-1-2-5-10;1-2-4-5-3-1;;;/h1-4,6-9H;1-5H;1H;;/q-1;;;;+2/p-1. The molecular formula is C17H13Cl2FeHgN. The Hall–Kier alpha value is 0.925. The molecular weight excluding hydrogens is 546 g/mol. The summed E-state index contributed by atoms with van der Waals surface area (Å²) < 4.78 is 0. The maximum absolute atomic E-state index is 5.82. The molecule has 0 saturated heterocycles. The minimum Gasteiger partial charge on any atom is 0 e. The van der Waals surface area contributed by atoms with Crippen LogP contribution in [0.4, 0.5) is 5.69 Å². The number of nitrogens with zero attached hydrogens (tertiary/aromatic N) is 1. The fourth-order valence-corrected chi connectivity index (χ4v) is 1.63. The molecule has 0 aromatic heterocycles. The van der Waals surface area contributed by atoms with E-state index in [4.69, 9.17) is 19.9 Å². The summed E-state index contributed by atoms with van der Waals surface area (Å²) in [6, 6.07) is 7.44. The minimum atomic E-state index is 0. The molecule has 2 fully saturated rings. The number of aliphatic imine (C=N–C) groups is 1. The number of hydrogen-bond donors (Lipinski definition) is 0. The fourth-order valence-electron chi connectivity index (χ4n) is 1.45. The zero-order valence-electron chi connectivity index (χ0n) is 11.8. The first-order valence-corrected chi connectivity index (χ1v) is 13.4. The van der Waals surface area contributed by atoms with E-state index in [-0.39, 0.29) is 17.1 Å². The summed E-state index contributed by atoms with van der Waals surface area (Å²) in [5.74, 6) is 0.977. The first kappa shape index (κ1) is 22.9. The third kappa shape index (κ3) is 10.7. The molecule has 0 aliphatic heterocycles. The van der Waals surface area contributed by atoms with Crippen LogP contribution in [0.25, 0.3) is 0 Å². The molecule has 0 N–H and O–H groups in total. The number of rotatable bonds is 2. The molecule has 10 radical (unpaired) electrons. The average molecular weight is 559 g/mol. The molecule has 1 nitrogen and oxygen atoms in total. The smallest absolute Gasteiger partial charge is 0 e. The summed E-state index contributed by atoms with van der Waals surface area (Å²) >= 11 is 6.32. The van der Waals surface area contributed by atoms with Crippen molar-refractivity contribution >= 4 is 31.8 Å². The molecule has 0 heterocycles. The Kier molecular flexibility index (Phi) is 16.1. The van der Waals surface area contributed by atoms with Gasteiger partial charge in [-0.1, -0.05) is 30.5 Å². The molecule has 22 heavy (non-hydrogen) atoms. The van der Waals surface area contributed by atoms with Crippen molar-refractivity contribution in [3.05, 3.63) is 93.0 Å². The van der Waals surface area contributed by atoms with E-state index in [2.05, 4.69) is 11.4 Å². The van der Waals surface area contributed by atoms with E-state index in [9.17, 15) is 0 Å². The van der Waals surface area contributed by atoms with Crippen molar-refractivity contribution in [3.63, 3.8) is 0 Å². The Morgan fingerprint density at radius 2 is 1.64 bits per heavy atom. The molecule has 0 unspecified atom stereocenters. The molecule has 2 aliphatic rings.